The molecule has 1 aromatic rings. The first-order chi connectivity index (χ1) is 9.19. The number of carbonyl (C=O) groups excluding carboxylic acids is 1. The molecule has 1 saturated heterocycles. The van der Waals surface area contributed by atoms with Crippen LogP contribution in [0.3, 0.4) is 0 Å². The molecule has 0 saturated carbocycles. The normalized spacial score (nSPS) is 16.8. The van der Waals surface area contributed by atoms with Crippen molar-refractivity contribution in [3.05, 3.63) is 17.5 Å². The van der Waals surface area contributed by atoms with Crippen molar-refractivity contribution in [2.75, 3.05) is 26.7 Å². The van der Waals surface area contributed by atoms with Crippen LogP contribution >= 0.6 is 0 Å². The van der Waals surface area contributed by atoms with Crippen LogP contribution in [-0.4, -0.2) is 47.7 Å². The maximum Gasteiger partial charge on any atom is 0.228 e. The molecule has 1 aliphatic heterocycles. The van der Waals surface area contributed by atoms with Gasteiger partial charge in [-0.3, -0.25) is 9.89 Å². The van der Waals surface area contributed by atoms with E-state index in [1.165, 1.54) is 6.42 Å². The molecule has 2 N–H and O–H groups in total. The van der Waals surface area contributed by atoms with Crippen LogP contribution in [0.2, 0.25) is 0 Å². The van der Waals surface area contributed by atoms with Crippen LogP contribution in [-0.2, 0) is 11.2 Å². The number of carbonyl (C=O) groups is 1. The summed E-state index contributed by atoms with van der Waals surface area (Å²) in [5.41, 5.74) is 1.85. The highest BCUT2D eigenvalue weighted by molar-refractivity contribution is 5.78. The van der Waals surface area contributed by atoms with Crippen molar-refractivity contribution in [3.8, 4) is 0 Å². The van der Waals surface area contributed by atoms with Gasteiger partial charge >= 0.3 is 0 Å². The standard InChI is InChI=1S/C14H24N4O/c1-11-9-13(17-16-11)10-14(19)18-7-4-12(5-8-18)3-6-15-2/h9,12,15H,3-8,10H2,1-2H3,(H,16,17). The van der Waals surface area contributed by atoms with E-state index in [0.29, 0.717) is 6.42 Å². The maximum absolute atomic E-state index is 12.2. The highest BCUT2D eigenvalue weighted by Gasteiger charge is 2.22. The monoisotopic (exact) mass is 264 g/mol. The molecule has 1 fully saturated rings. The molecule has 106 valence electrons. The predicted octanol–water partition coefficient (Wildman–Crippen LogP) is 1.11. The second kappa shape index (κ2) is 6.70. The van der Waals surface area contributed by atoms with Crippen molar-refractivity contribution in [1.82, 2.24) is 20.4 Å². The third-order valence-electron chi connectivity index (χ3n) is 3.86. The van der Waals surface area contributed by atoms with Gasteiger partial charge in [0.1, 0.15) is 0 Å². The van der Waals surface area contributed by atoms with Crippen molar-refractivity contribution in [3.63, 3.8) is 0 Å². The highest BCUT2D eigenvalue weighted by atomic mass is 16.2. The number of aromatic amines is 1. The number of H-pyrrole nitrogens is 1. The summed E-state index contributed by atoms with van der Waals surface area (Å²) in [5, 5.41) is 10.2. The number of hydrogen-bond donors (Lipinski definition) is 2. The van der Waals surface area contributed by atoms with Gasteiger partial charge in [-0.05, 0) is 51.8 Å². The molecule has 0 aliphatic carbocycles. The number of rotatable bonds is 5. The first-order valence-electron chi connectivity index (χ1n) is 7.12. The Labute approximate surface area is 114 Å². The maximum atomic E-state index is 12.2. The fourth-order valence-corrected chi connectivity index (χ4v) is 2.65. The lowest BCUT2D eigenvalue weighted by Crippen LogP contribution is -2.39. The molecule has 2 rings (SSSR count). The van der Waals surface area contributed by atoms with Crippen LogP contribution < -0.4 is 5.32 Å². The van der Waals surface area contributed by atoms with Gasteiger partial charge in [-0.2, -0.15) is 5.10 Å². The number of likely N-dealkylation sites (tertiary alicyclic amines) is 1. The first kappa shape index (κ1) is 14.1. The van der Waals surface area contributed by atoms with E-state index in [1.807, 2.05) is 24.9 Å². The summed E-state index contributed by atoms with van der Waals surface area (Å²) in [6, 6.07) is 1.94. The van der Waals surface area contributed by atoms with Gasteiger partial charge in [-0.15, -0.1) is 0 Å². The van der Waals surface area contributed by atoms with E-state index in [4.69, 9.17) is 0 Å². The Bertz CT molecular complexity index is 407. The average molecular weight is 264 g/mol. The summed E-state index contributed by atoms with van der Waals surface area (Å²) in [6.45, 7) is 4.83. The zero-order valence-electron chi connectivity index (χ0n) is 11.9. The van der Waals surface area contributed by atoms with E-state index in [0.717, 1.165) is 49.8 Å². The largest absolute Gasteiger partial charge is 0.342 e. The molecular formula is C14H24N4O. The van der Waals surface area contributed by atoms with Crippen molar-refractivity contribution >= 4 is 5.91 Å². The number of piperidine rings is 1. The SMILES string of the molecule is CNCCC1CCN(C(=O)Cc2cc(C)[nH]n2)CC1. The van der Waals surface area contributed by atoms with E-state index in [9.17, 15) is 4.79 Å². The molecule has 19 heavy (non-hydrogen) atoms. The molecule has 5 nitrogen and oxygen atoms in total. The van der Waals surface area contributed by atoms with E-state index in [-0.39, 0.29) is 5.91 Å². The van der Waals surface area contributed by atoms with Crippen LogP contribution in [0.1, 0.15) is 30.7 Å². The van der Waals surface area contributed by atoms with Gasteiger partial charge < -0.3 is 10.2 Å². The first-order valence-corrected chi connectivity index (χ1v) is 7.12. The molecule has 0 atom stereocenters. The van der Waals surface area contributed by atoms with Gasteiger partial charge in [0.2, 0.25) is 5.91 Å². The Hall–Kier alpha value is -1.36. The molecule has 5 heteroatoms. The zero-order valence-corrected chi connectivity index (χ0v) is 11.9. The van der Waals surface area contributed by atoms with Crippen LogP contribution in [0.4, 0.5) is 0 Å². The molecule has 0 radical (unpaired) electrons. The Morgan fingerprint density at radius 2 is 2.26 bits per heavy atom. The van der Waals surface area contributed by atoms with Gasteiger partial charge in [0, 0.05) is 18.8 Å². The Kier molecular flexibility index (Phi) is 4.96. The fraction of sp³-hybridized carbons (Fsp3) is 0.714. The van der Waals surface area contributed by atoms with Crippen molar-refractivity contribution < 1.29 is 4.79 Å². The Morgan fingerprint density at radius 1 is 1.53 bits per heavy atom. The fourth-order valence-electron chi connectivity index (χ4n) is 2.65. The molecule has 2 heterocycles. The minimum atomic E-state index is 0.207. The van der Waals surface area contributed by atoms with E-state index in [2.05, 4.69) is 15.5 Å². The molecule has 1 aromatic heterocycles. The van der Waals surface area contributed by atoms with Crippen molar-refractivity contribution in [2.24, 2.45) is 5.92 Å². The molecule has 0 spiro atoms. The topological polar surface area (TPSA) is 61.0 Å². The quantitative estimate of drug-likeness (QED) is 0.837. The average Bonchev–Trinajstić information content (AvgIpc) is 2.82. The summed E-state index contributed by atoms with van der Waals surface area (Å²) in [6.07, 6.45) is 3.91. The van der Waals surface area contributed by atoms with Crippen LogP contribution in [0.5, 0.6) is 0 Å². The second-order valence-electron chi connectivity index (χ2n) is 5.44. The lowest BCUT2D eigenvalue weighted by Gasteiger charge is -2.32. The second-order valence-corrected chi connectivity index (χ2v) is 5.44. The van der Waals surface area contributed by atoms with Gasteiger partial charge in [0.05, 0.1) is 12.1 Å². The minimum absolute atomic E-state index is 0.207. The summed E-state index contributed by atoms with van der Waals surface area (Å²) >= 11 is 0. The molecule has 1 aliphatic rings. The van der Waals surface area contributed by atoms with Crippen LogP contribution in [0, 0.1) is 12.8 Å². The number of hydrogen-bond acceptors (Lipinski definition) is 3. The number of nitrogens with zero attached hydrogens (tertiary/aromatic N) is 2. The number of nitrogens with one attached hydrogen (secondary N) is 2. The van der Waals surface area contributed by atoms with E-state index >= 15 is 0 Å². The molecular weight excluding hydrogens is 240 g/mol. The smallest absolute Gasteiger partial charge is 0.228 e. The molecule has 0 unspecified atom stereocenters. The Balaban J connectivity index is 1.76. The highest BCUT2D eigenvalue weighted by Crippen LogP contribution is 2.20. The van der Waals surface area contributed by atoms with E-state index < -0.39 is 0 Å². The van der Waals surface area contributed by atoms with Crippen LogP contribution in [0.15, 0.2) is 6.07 Å². The lowest BCUT2D eigenvalue weighted by atomic mass is 9.93. The predicted molar refractivity (Wildman–Crippen MR) is 74.9 cm³/mol. The minimum Gasteiger partial charge on any atom is -0.342 e. The summed E-state index contributed by atoms with van der Waals surface area (Å²) in [4.78, 5) is 14.1. The van der Waals surface area contributed by atoms with Crippen molar-refractivity contribution in [2.45, 2.75) is 32.6 Å². The number of amides is 1. The van der Waals surface area contributed by atoms with Gasteiger partial charge in [0.15, 0.2) is 0 Å². The Morgan fingerprint density at radius 3 is 2.84 bits per heavy atom. The van der Waals surface area contributed by atoms with Gasteiger partial charge in [-0.25, -0.2) is 0 Å². The third kappa shape index (κ3) is 4.06. The summed E-state index contributed by atoms with van der Waals surface area (Å²) in [7, 11) is 1.99. The summed E-state index contributed by atoms with van der Waals surface area (Å²) < 4.78 is 0. The summed E-state index contributed by atoms with van der Waals surface area (Å²) in [5.74, 6) is 0.975. The lowest BCUT2D eigenvalue weighted by molar-refractivity contribution is -0.131. The van der Waals surface area contributed by atoms with E-state index in [1.54, 1.807) is 0 Å². The number of aryl methyl sites for hydroxylation is 1. The molecule has 0 aromatic carbocycles. The zero-order chi connectivity index (χ0) is 13.7. The van der Waals surface area contributed by atoms with Crippen LogP contribution in [0.25, 0.3) is 0 Å². The molecule has 0 bridgehead atoms. The van der Waals surface area contributed by atoms with Gasteiger partial charge in [0.25, 0.3) is 0 Å². The van der Waals surface area contributed by atoms with Gasteiger partial charge in [-0.1, -0.05) is 0 Å². The van der Waals surface area contributed by atoms with Crippen molar-refractivity contribution in [1.29, 1.82) is 0 Å². The molecule has 1 amide bonds. The number of aromatic nitrogens is 2. The third-order valence-corrected chi connectivity index (χ3v) is 3.86.